The maximum absolute atomic E-state index is 9.95. The van der Waals surface area contributed by atoms with Gasteiger partial charge in [-0.1, -0.05) is 18.7 Å². The number of hydrogen-bond acceptors (Lipinski definition) is 6. The number of aromatic nitrogens is 1. The lowest BCUT2D eigenvalue weighted by Gasteiger charge is -2.19. The van der Waals surface area contributed by atoms with Gasteiger partial charge in [0.05, 0.1) is 12.7 Å². The van der Waals surface area contributed by atoms with Crippen molar-refractivity contribution in [1.82, 2.24) is 10.3 Å². The lowest BCUT2D eigenvalue weighted by molar-refractivity contribution is -0.116. The first-order valence-corrected chi connectivity index (χ1v) is 9.56. The number of H-pyrrole nitrogens is 1. The van der Waals surface area contributed by atoms with Gasteiger partial charge in [-0.15, -0.1) is 0 Å². The van der Waals surface area contributed by atoms with E-state index in [1.165, 1.54) is 6.08 Å². The van der Waals surface area contributed by atoms with Gasteiger partial charge in [0.15, 0.2) is 0 Å². The largest absolute Gasteiger partial charge is 0.507 e. The molecule has 1 aromatic heterocycles. The molecule has 1 amide bonds. The number of para-hydroxylation sites is 1. The number of carbonyl (C=O) groups excluding carboxylic acids is 1. The summed E-state index contributed by atoms with van der Waals surface area (Å²) in [6, 6.07) is 8.73. The average molecular weight is 417 g/mol. The number of carbonyl (C=O) groups is 1. The van der Waals surface area contributed by atoms with E-state index >= 15 is 0 Å². The highest BCUT2D eigenvalue weighted by molar-refractivity contribution is 5.86. The molecule has 0 aliphatic carbocycles. The Labute approximate surface area is 177 Å². The van der Waals surface area contributed by atoms with Crippen LogP contribution in [0.5, 0.6) is 5.75 Å². The van der Waals surface area contributed by atoms with E-state index in [0.29, 0.717) is 23.2 Å². The third-order valence-electron chi connectivity index (χ3n) is 4.22. The van der Waals surface area contributed by atoms with Crippen molar-refractivity contribution in [2.45, 2.75) is 18.9 Å². The number of phenols is 1. The summed E-state index contributed by atoms with van der Waals surface area (Å²) < 4.78 is 10.2. The van der Waals surface area contributed by atoms with Crippen molar-refractivity contribution in [2.75, 3.05) is 33.1 Å². The molecule has 0 bridgehead atoms. The second kappa shape index (κ2) is 13.9. The maximum atomic E-state index is 9.95. The minimum absolute atomic E-state index is 0.144. The molecule has 2 aromatic rings. The molecule has 1 saturated heterocycles. The highest BCUT2D eigenvalue weighted by Crippen LogP contribution is 2.24. The van der Waals surface area contributed by atoms with Crippen LogP contribution in [0.4, 0.5) is 5.82 Å². The van der Waals surface area contributed by atoms with Crippen LogP contribution >= 0.6 is 0 Å². The number of phenolic OH excluding ortho intramolecular Hbond substituents is 1. The van der Waals surface area contributed by atoms with E-state index in [-0.39, 0.29) is 11.7 Å². The lowest BCUT2D eigenvalue weighted by Crippen LogP contribution is -2.23. The zero-order valence-corrected chi connectivity index (χ0v) is 17.6. The van der Waals surface area contributed by atoms with Gasteiger partial charge in [0.1, 0.15) is 11.6 Å². The van der Waals surface area contributed by atoms with Gasteiger partial charge in [-0.3, -0.25) is 4.79 Å². The van der Waals surface area contributed by atoms with Crippen LogP contribution < -0.4 is 16.8 Å². The Morgan fingerprint density at radius 3 is 2.57 bits per heavy atom. The van der Waals surface area contributed by atoms with E-state index in [1.807, 2.05) is 12.1 Å². The highest BCUT2D eigenvalue weighted by atomic mass is 16.5. The van der Waals surface area contributed by atoms with Gasteiger partial charge in [0.2, 0.25) is 5.91 Å². The summed E-state index contributed by atoms with van der Waals surface area (Å²) in [5.41, 5.74) is 13.5. The Morgan fingerprint density at radius 2 is 2.13 bits per heavy atom. The Kier molecular flexibility index (Phi) is 11.5. The third-order valence-corrected chi connectivity index (χ3v) is 4.22. The number of nitrogen functional groups attached to an aromatic ring is 1. The SMILES string of the molecule is C=CC(=O)NC.COC1CCCOC1.N/C(=C\c1cc[nH]c1N)c1ccccc1O. The third kappa shape index (κ3) is 8.85. The molecule has 2 heterocycles. The summed E-state index contributed by atoms with van der Waals surface area (Å²) in [5, 5.41) is 12.0. The lowest BCUT2D eigenvalue weighted by atomic mass is 10.1. The molecule has 1 atom stereocenters. The number of methoxy groups -OCH3 is 1. The Morgan fingerprint density at radius 1 is 1.40 bits per heavy atom. The van der Waals surface area contributed by atoms with Crippen LogP contribution in [0.15, 0.2) is 49.2 Å². The molecule has 30 heavy (non-hydrogen) atoms. The highest BCUT2D eigenvalue weighted by Gasteiger charge is 2.11. The zero-order valence-electron chi connectivity index (χ0n) is 17.6. The molecular weight excluding hydrogens is 384 g/mol. The summed E-state index contributed by atoms with van der Waals surface area (Å²) in [5.74, 6) is 0.568. The number of aromatic amines is 1. The number of likely N-dealkylation sites (N-methyl/N-ethyl adjacent to an activating group) is 1. The van der Waals surface area contributed by atoms with Crippen molar-refractivity contribution in [2.24, 2.45) is 5.73 Å². The van der Waals surface area contributed by atoms with Crippen LogP contribution in [0.3, 0.4) is 0 Å². The normalized spacial score (nSPS) is 15.7. The van der Waals surface area contributed by atoms with Crippen LogP contribution in [-0.2, 0) is 14.3 Å². The zero-order chi connectivity index (χ0) is 22.4. The minimum Gasteiger partial charge on any atom is -0.507 e. The number of hydrogen-bond donors (Lipinski definition) is 5. The van der Waals surface area contributed by atoms with E-state index in [4.69, 9.17) is 20.9 Å². The van der Waals surface area contributed by atoms with Gasteiger partial charge in [0, 0.05) is 43.8 Å². The second-order valence-corrected chi connectivity index (χ2v) is 6.36. The number of aromatic hydroxyl groups is 1. The summed E-state index contributed by atoms with van der Waals surface area (Å²) in [7, 11) is 3.30. The first kappa shape index (κ1) is 24.8. The smallest absolute Gasteiger partial charge is 0.243 e. The van der Waals surface area contributed by atoms with Crippen molar-refractivity contribution in [3.8, 4) is 5.75 Å². The van der Waals surface area contributed by atoms with Crippen LogP contribution in [-0.4, -0.2) is 49.5 Å². The first-order chi connectivity index (χ1) is 14.4. The molecule has 164 valence electrons. The predicted molar refractivity (Wildman–Crippen MR) is 120 cm³/mol. The fraction of sp³-hybridized carbons (Fsp3) is 0.318. The molecule has 1 aliphatic rings. The summed E-state index contributed by atoms with van der Waals surface area (Å²) in [6.07, 6.45) is 7.36. The molecule has 1 aliphatic heterocycles. The van der Waals surface area contributed by atoms with Gasteiger partial charge in [-0.25, -0.2) is 0 Å². The van der Waals surface area contributed by atoms with Crippen molar-refractivity contribution in [3.05, 3.63) is 60.3 Å². The van der Waals surface area contributed by atoms with Gasteiger partial charge >= 0.3 is 0 Å². The number of nitrogens with one attached hydrogen (secondary N) is 2. The number of benzene rings is 1. The van der Waals surface area contributed by atoms with Gasteiger partial charge in [-0.05, 0) is 43.2 Å². The maximum Gasteiger partial charge on any atom is 0.243 e. The summed E-state index contributed by atoms with van der Waals surface area (Å²) in [4.78, 5) is 12.8. The van der Waals surface area contributed by atoms with E-state index in [0.717, 1.165) is 31.6 Å². The van der Waals surface area contributed by atoms with E-state index in [2.05, 4.69) is 16.9 Å². The number of ether oxygens (including phenoxy) is 2. The molecule has 0 radical (unpaired) electrons. The first-order valence-electron chi connectivity index (χ1n) is 9.56. The Hall–Kier alpha value is -3.23. The molecule has 1 aromatic carbocycles. The van der Waals surface area contributed by atoms with Crippen molar-refractivity contribution in [1.29, 1.82) is 0 Å². The minimum atomic E-state index is -0.144. The molecule has 8 nitrogen and oxygen atoms in total. The van der Waals surface area contributed by atoms with Crippen LogP contribution in [0.25, 0.3) is 11.8 Å². The molecule has 1 unspecified atom stereocenters. The molecular formula is C22H32N4O4. The van der Waals surface area contributed by atoms with Crippen LogP contribution in [0.2, 0.25) is 0 Å². The molecule has 7 N–H and O–H groups in total. The quantitative estimate of drug-likeness (QED) is 0.486. The van der Waals surface area contributed by atoms with Crippen molar-refractivity contribution in [3.63, 3.8) is 0 Å². The topological polar surface area (TPSA) is 136 Å². The molecule has 0 spiro atoms. The van der Waals surface area contributed by atoms with Gasteiger partial charge in [-0.2, -0.15) is 0 Å². The van der Waals surface area contributed by atoms with Gasteiger partial charge in [0.25, 0.3) is 0 Å². The van der Waals surface area contributed by atoms with E-state index < -0.39 is 0 Å². The number of rotatable bonds is 4. The van der Waals surface area contributed by atoms with Crippen molar-refractivity contribution >= 4 is 23.5 Å². The summed E-state index contributed by atoms with van der Waals surface area (Å²) >= 11 is 0. The average Bonchev–Trinajstić information content (AvgIpc) is 3.19. The monoisotopic (exact) mass is 416 g/mol. The van der Waals surface area contributed by atoms with E-state index in [9.17, 15) is 9.90 Å². The van der Waals surface area contributed by atoms with E-state index in [1.54, 1.807) is 44.6 Å². The second-order valence-electron chi connectivity index (χ2n) is 6.36. The standard InChI is InChI=1S/C12H13N3O.C6H12O2.C4H7NO/c13-10(7-8-5-6-15-12(8)14)9-3-1-2-4-11(9)16;1-7-6-3-2-4-8-5-6;1-3-4(6)5-2/h1-7,15-16H,13-14H2;6H,2-5H2,1H3;3H,1H2,2H3,(H,5,6)/b10-7-;;. The Balaban J connectivity index is 0.000000268. The summed E-state index contributed by atoms with van der Waals surface area (Å²) in [6.45, 7) is 4.92. The van der Waals surface area contributed by atoms with Crippen molar-refractivity contribution < 1.29 is 19.4 Å². The molecule has 3 rings (SSSR count). The number of nitrogens with two attached hydrogens (primary N) is 2. The van der Waals surface area contributed by atoms with Crippen LogP contribution in [0, 0.1) is 0 Å². The predicted octanol–water partition coefficient (Wildman–Crippen LogP) is 2.49. The number of amides is 1. The number of anilines is 1. The van der Waals surface area contributed by atoms with Crippen LogP contribution in [0.1, 0.15) is 24.0 Å². The fourth-order valence-electron chi connectivity index (χ4n) is 2.48. The van der Waals surface area contributed by atoms with Gasteiger partial charge < -0.3 is 36.3 Å². The fourth-order valence-corrected chi connectivity index (χ4v) is 2.48. The molecule has 1 fully saturated rings. The Bertz CT molecular complexity index is 811. The molecule has 8 heteroatoms. The molecule has 0 saturated carbocycles.